The van der Waals surface area contributed by atoms with E-state index in [1.54, 1.807) is 0 Å². The minimum Gasteiger partial charge on any atom is -0.380 e. The predicted octanol–water partition coefficient (Wildman–Crippen LogP) is -0.295. The Kier molecular flexibility index (Phi) is 3.82. The Morgan fingerprint density at radius 2 is 2.00 bits per heavy atom. The fraction of sp³-hybridized carbons (Fsp3) is 0.800. The molecule has 1 heterocycles. The van der Waals surface area contributed by atoms with Gasteiger partial charge in [-0.15, -0.1) is 0 Å². The third-order valence-corrected chi connectivity index (χ3v) is 2.74. The molecule has 0 unspecified atom stereocenters. The first-order chi connectivity index (χ1) is 7.02. The fourth-order valence-electron chi connectivity index (χ4n) is 1.70. The molecule has 2 atom stereocenters. The Morgan fingerprint density at radius 1 is 1.33 bits per heavy atom. The van der Waals surface area contributed by atoms with Crippen LogP contribution >= 0.6 is 0 Å². The summed E-state index contributed by atoms with van der Waals surface area (Å²) in [4.78, 5) is 22.2. The van der Waals surface area contributed by atoms with Crippen LogP contribution in [0.2, 0.25) is 0 Å². The molecule has 0 radical (unpaired) electrons. The van der Waals surface area contributed by atoms with Crippen LogP contribution in [0.25, 0.3) is 0 Å². The Hall–Kier alpha value is -0.940. The van der Waals surface area contributed by atoms with E-state index in [0.29, 0.717) is 6.42 Å². The van der Waals surface area contributed by atoms with Crippen LogP contribution in [0.15, 0.2) is 0 Å². The molecular weight excluding hydrogens is 198 g/mol. The molecule has 1 aliphatic heterocycles. The molecule has 1 fully saturated rings. The van der Waals surface area contributed by atoms with Crippen molar-refractivity contribution in [1.29, 1.82) is 0 Å². The lowest BCUT2D eigenvalue weighted by molar-refractivity contribution is -0.146. The predicted molar refractivity (Wildman–Crippen MR) is 52.9 cm³/mol. The number of imide groups is 1. The van der Waals surface area contributed by atoms with E-state index in [2.05, 4.69) is 6.92 Å². The summed E-state index contributed by atoms with van der Waals surface area (Å²) in [6.45, 7) is 2.05. The van der Waals surface area contributed by atoms with Gasteiger partial charge in [-0.05, 0) is 12.8 Å². The third-order valence-electron chi connectivity index (χ3n) is 2.74. The molecule has 0 aromatic carbocycles. The van der Waals surface area contributed by atoms with E-state index in [0.717, 1.165) is 19.3 Å². The van der Waals surface area contributed by atoms with Crippen LogP contribution in [-0.4, -0.2) is 33.7 Å². The highest BCUT2D eigenvalue weighted by molar-refractivity contribution is 6.10. The van der Waals surface area contributed by atoms with E-state index < -0.39 is 23.5 Å². The van der Waals surface area contributed by atoms with Gasteiger partial charge in [0.15, 0.2) is 11.7 Å². The number of carbonyl (C=O) groups excluding carboxylic acids is 2. The summed E-state index contributed by atoms with van der Waals surface area (Å²) in [5.41, 5.74) is -1.91. The van der Waals surface area contributed by atoms with Crippen LogP contribution in [0, 0.1) is 0 Å². The van der Waals surface area contributed by atoms with Gasteiger partial charge in [0, 0.05) is 0 Å². The van der Waals surface area contributed by atoms with Gasteiger partial charge in [0.1, 0.15) is 0 Å². The van der Waals surface area contributed by atoms with Gasteiger partial charge in [-0.1, -0.05) is 26.2 Å². The first-order valence-corrected chi connectivity index (χ1v) is 5.28. The lowest BCUT2D eigenvalue weighted by Crippen LogP contribution is -2.45. The van der Waals surface area contributed by atoms with E-state index in [4.69, 9.17) is 0 Å². The van der Waals surface area contributed by atoms with Crippen LogP contribution < -0.4 is 5.32 Å². The van der Waals surface area contributed by atoms with E-state index in [9.17, 15) is 19.8 Å². The van der Waals surface area contributed by atoms with Gasteiger partial charge >= 0.3 is 0 Å². The van der Waals surface area contributed by atoms with Gasteiger partial charge in [-0.25, -0.2) is 0 Å². The minimum atomic E-state index is -1.91. The number of hydrogen-bond donors (Lipinski definition) is 3. The van der Waals surface area contributed by atoms with E-state index in [1.165, 1.54) is 0 Å². The molecule has 0 bridgehead atoms. The minimum absolute atomic E-state index is 0.131. The summed E-state index contributed by atoms with van der Waals surface area (Å²) >= 11 is 0. The monoisotopic (exact) mass is 215 g/mol. The zero-order valence-corrected chi connectivity index (χ0v) is 8.82. The number of aliphatic hydroxyl groups is 2. The van der Waals surface area contributed by atoms with Crippen molar-refractivity contribution in [3.8, 4) is 0 Å². The maximum atomic E-state index is 11.2. The first kappa shape index (κ1) is 12.1. The zero-order chi connectivity index (χ0) is 11.5. The average molecular weight is 215 g/mol. The van der Waals surface area contributed by atoms with Crippen LogP contribution in [0.3, 0.4) is 0 Å². The molecule has 1 saturated heterocycles. The molecule has 1 rings (SSSR count). The van der Waals surface area contributed by atoms with Gasteiger partial charge in [-0.3, -0.25) is 14.9 Å². The maximum absolute atomic E-state index is 11.2. The lowest BCUT2D eigenvalue weighted by atomic mass is 9.92. The normalized spacial score (nSPS) is 30.7. The second-order valence-electron chi connectivity index (χ2n) is 3.96. The molecule has 0 saturated carbocycles. The summed E-state index contributed by atoms with van der Waals surface area (Å²) in [5, 5.41) is 21.1. The molecule has 0 aliphatic carbocycles. The molecule has 5 nitrogen and oxygen atoms in total. The number of hydrogen-bond acceptors (Lipinski definition) is 4. The number of carbonyl (C=O) groups is 2. The maximum Gasteiger partial charge on any atom is 0.261 e. The summed E-state index contributed by atoms with van der Waals surface area (Å²) in [7, 11) is 0. The highest BCUT2D eigenvalue weighted by Gasteiger charge is 2.53. The molecule has 1 aliphatic rings. The van der Waals surface area contributed by atoms with Gasteiger partial charge in [0.05, 0.1) is 0 Å². The second kappa shape index (κ2) is 4.72. The Morgan fingerprint density at radius 3 is 2.47 bits per heavy atom. The first-order valence-electron chi connectivity index (χ1n) is 5.28. The largest absolute Gasteiger partial charge is 0.380 e. The van der Waals surface area contributed by atoms with Crippen molar-refractivity contribution in [3.05, 3.63) is 0 Å². The quantitative estimate of drug-likeness (QED) is 0.434. The van der Waals surface area contributed by atoms with Gasteiger partial charge in [0.2, 0.25) is 0 Å². The molecule has 15 heavy (non-hydrogen) atoms. The summed E-state index contributed by atoms with van der Waals surface area (Å²) in [5.74, 6) is -1.59. The van der Waals surface area contributed by atoms with Crippen molar-refractivity contribution in [1.82, 2.24) is 5.32 Å². The van der Waals surface area contributed by atoms with E-state index in [-0.39, 0.29) is 6.42 Å². The molecule has 86 valence electrons. The summed E-state index contributed by atoms with van der Waals surface area (Å²) in [6.07, 6.45) is 2.08. The number of aliphatic hydroxyl groups excluding tert-OH is 1. The second-order valence-corrected chi connectivity index (χ2v) is 3.96. The van der Waals surface area contributed by atoms with E-state index in [1.807, 2.05) is 5.32 Å². The Bertz CT molecular complexity index is 266. The third kappa shape index (κ3) is 2.35. The SMILES string of the molecule is CCCCCC[C@]1(O)C(=O)NC(=O)[C@@H]1O. The van der Waals surface area contributed by atoms with Crippen molar-refractivity contribution in [2.45, 2.75) is 50.7 Å². The number of unbranched alkanes of at least 4 members (excludes halogenated alkanes) is 3. The van der Waals surface area contributed by atoms with Gasteiger partial charge in [-0.2, -0.15) is 0 Å². The van der Waals surface area contributed by atoms with Crippen LogP contribution in [-0.2, 0) is 9.59 Å². The summed E-state index contributed by atoms with van der Waals surface area (Å²) < 4.78 is 0. The van der Waals surface area contributed by atoms with Crippen molar-refractivity contribution in [2.75, 3.05) is 0 Å². The smallest absolute Gasteiger partial charge is 0.261 e. The molecule has 2 amide bonds. The van der Waals surface area contributed by atoms with Crippen molar-refractivity contribution in [2.24, 2.45) is 0 Å². The Labute approximate surface area is 88.5 Å². The molecule has 3 N–H and O–H groups in total. The molecule has 0 aromatic rings. The van der Waals surface area contributed by atoms with Crippen LogP contribution in [0.5, 0.6) is 0 Å². The highest BCUT2D eigenvalue weighted by Crippen LogP contribution is 2.24. The number of rotatable bonds is 5. The number of amides is 2. The summed E-state index contributed by atoms with van der Waals surface area (Å²) in [6, 6.07) is 0. The van der Waals surface area contributed by atoms with Crippen molar-refractivity contribution >= 4 is 11.8 Å². The average Bonchev–Trinajstić information content (AvgIpc) is 2.39. The zero-order valence-electron chi connectivity index (χ0n) is 8.82. The molecular formula is C10H17NO4. The van der Waals surface area contributed by atoms with Crippen LogP contribution in [0.4, 0.5) is 0 Å². The van der Waals surface area contributed by atoms with E-state index >= 15 is 0 Å². The number of nitrogens with one attached hydrogen (secondary N) is 1. The Balaban J connectivity index is 2.50. The standard InChI is InChI=1S/C10H17NO4/c1-2-3-4-5-6-10(15)7(12)8(13)11-9(10)14/h7,12,15H,2-6H2,1H3,(H,11,13,14)/t7-,10+/m0/s1. The molecule has 5 heteroatoms. The lowest BCUT2D eigenvalue weighted by Gasteiger charge is -2.21. The van der Waals surface area contributed by atoms with Crippen molar-refractivity contribution in [3.63, 3.8) is 0 Å². The van der Waals surface area contributed by atoms with Crippen LogP contribution in [0.1, 0.15) is 39.0 Å². The fourth-order valence-corrected chi connectivity index (χ4v) is 1.70. The van der Waals surface area contributed by atoms with Gasteiger partial charge in [0.25, 0.3) is 11.8 Å². The highest BCUT2D eigenvalue weighted by atomic mass is 16.4. The molecule has 0 aromatic heterocycles. The topological polar surface area (TPSA) is 86.6 Å². The van der Waals surface area contributed by atoms with Gasteiger partial charge < -0.3 is 10.2 Å². The van der Waals surface area contributed by atoms with Crippen molar-refractivity contribution < 1.29 is 19.8 Å². The molecule has 0 spiro atoms.